The second-order valence-electron chi connectivity index (χ2n) is 6.13. The summed E-state index contributed by atoms with van der Waals surface area (Å²) in [5.74, 6) is 0.645. The number of nitrogens with one attached hydrogen (secondary N) is 2. The van der Waals surface area contributed by atoms with Gasteiger partial charge in [0.15, 0.2) is 5.96 Å². The highest BCUT2D eigenvalue weighted by Crippen LogP contribution is 2.10. The van der Waals surface area contributed by atoms with Crippen molar-refractivity contribution < 1.29 is 4.39 Å². The Bertz CT molecular complexity index is 699. The van der Waals surface area contributed by atoms with E-state index in [0.29, 0.717) is 0 Å². The normalized spacial score (nSPS) is 11.2. The minimum absolute atomic E-state index is 0. The second-order valence-corrected chi connectivity index (χ2v) is 6.13. The Labute approximate surface area is 172 Å². The topological polar surface area (TPSA) is 54.2 Å². The molecule has 5 nitrogen and oxygen atoms in total. The van der Waals surface area contributed by atoms with Crippen LogP contribution in [0.1, 0.15) is 30.0 Å². The molecule has 0 aliphatic rings. The van der Waals surface area contributed by atoms with Gasteiger partial charge in [-0.05, 0) is 61.9 Å². The van der Waals surface area contributed by atoms with Gasteiger partial charge in [-0.25, -0.2) is 4.39 Å². The Morgan fingerprint density at radius 2 is 2.08 bits per heavy atom. The highest BCUT2D eigenvalue weighted by Gasteiger charge is 2.02. The fourth-order valence-electron chi connectivity index (χ4n) is 2.67. The molecule has 0 radical (unpaired) electrons. The van der Waals surface area contributed by atoms with E-state index in [2.05, 4.69) is 27.6 Å². The van der Waals surface area contributed by atoms with Crippen LogP contribution in [-0.4, -0.2) is 35.4 Å². The Hall–Kier alpha value is -1.64. The Balaban J connectivity index is 0.00000338. The Morgan fingerprint density at radius 3 is 2.73 bits per heavy atom. The number of hydrogen-bond acceptors (Lipinski definition) is 2. The summed E-state index contributed by atoms with van der Waals surface area (Å²) in [5, 5.41) is 10.8. The molecule has 144 valence electrons. The zero-order chi connectivity index (χ0) is 18.1. The number of hydrogen-bond donors (Lipinski definition) is 2. The van der Waals surface area contributed by atoms with E-state index in [9.17, 15) is 4.39 Å². The Morgan fingerprint density at radius 1 is 1.27 bits per heavy atom. The van der Waals surface area contributed by atoms with E-state index in [1.165, 1.54) is 11.6 Å². The maximum Gasteiger partial charge on any atom is 0.191 e. The van der Waals surface area contributed by atoms with Gasteiger partial charge in [0.05, 0.1) is 6.20 Å². The van der Waals surface area contributed by atoms with E-state index < -0.39 is 0 Å². The summed E-state index contributed by atoms with van der Waals surface area (Å²) in [5.41, 5.74) is 3.38. The van der Waals surface area contributed by atoms with Gasteiger partial charge in [0.25, 0.3) is 0 Å². The minimum atomic E-state index is -0.183. The molecular formula is C19H29FIN5. The van der Waals surface area contributed by atoms with E-state index in [1.54, 1.807) is 6.07 Å². The molecule has 2 aromatic rings. The summed E-state index contributed by atoms with van der Waals surface area (Å²) in [6, 6.07) is 4.94. The second kappa shape index (κ2) is 11.9. The summed E-state index contributed by atoms with van der Waals surface area (Å²) in [6.45, 7) is 6.35. The van der Waals surface area contributed by atoms with Crippen LogP contribution in [0, 0.1) is 12.7 Å². The smallest absolute Gasteiger partial charge is 0.191 e. The first-order valence-electron chi connectivity index (χ1n) is 8.83. The van der Waals surface area contributed by atoms with Gasteiger partial charge in [-0.3, -0.25) is 9.67 Å². The zero-order valence-electron chi connectivity index (χ0n) is 15.8. The maximum atomic E-state index is 13.1. The van der Waals surface area contributed by atoms with E-state index >= 15 is 0 Å². The molecule has 26 heavy (non-hydrogen) atoms. The van der Waals surface area contributed by atoms with Crippen molar-refractivity contribution in [1.82, 2.24) is 20.4 Å². The lowest BCUT2D eigenvalue weighted by Gasteiger charge is -2.12. The molecule has 0 aliphatic carbocycles. The number of benzene rings is 1. The van der Waals surface area contributed by atoms with E-state index in [-0.39, 0.29) is 29.8 Å². The van der Waals surface area contributed by atoms with Crippen LogP contribution >= 0.6 is 24.0 Å². The molecule has 2 N–H and O–H groups in total. The van der Waals surface area contributed by atoms with Crippen molar-refractivity contribution in [3.8, 4) is 0 Å². The van der Waals surface area contributed by atoms with Crippen LogP contribution < -0.4 is 10.6 Å². The van der Waals surface area contributed by atoms with Crippen molar-refractivity contribution in [1.29, 1.82) is 0 Å². The molecule has 1 heterocycles. The highest BCUT2D eigenvalue weighted by atomic mass is 127. The number of aromatic nitrogens is 2. The molecule has 0 amide bonds. The fraction of sp³-hybridized carbons (Fsp3) is 0.474. The lowest BCUT2D eigenvalue weighted by molar-refractivity contribution is 0.625. The van der Waals surface area contributed by atoms with Crippen LogP contribution in [-0.2, 0) is 19.9 Å². The molecule has 0 saturated carbocycles. The van der Waals surface area contributed by atoms with Crippen LogP contribution in [0.5, 0.6) is 0 Å². The predicted molar refractivity (Wildman–Crippen MR) is 116 cm³/mol. The van der Waals surface area contributed by atoms with Crippen molar-refractivity contribution in [2.75, 3.05) is 19.6 Å². The van der Waals surface area contributed by atoms with Crippen molar-refractivity contribution >= 4 is 29.9 Å². The minimum Gasteiger partial charge on any atom is -0.357 e. The SMILES string of the molecule is CCNC(=NCCCc1cnn(C)c1)NCCc1ccc(F)cc1C.I. The molecular weight excluding hydrogens is 444 g/mol. The summed E-state index contributed by atoms with van der Waals surface area (Å²) >= 11 is 0. The monoisotopic (exact) mass is 473 g/mol. The van der Waals surface area contributed by atoms with Gasteiger partial charge < -0.3 is 10.6 Å². The van der Waals surface area contributed by atoms with Gasteiger partial charge >= 0.3 is 0 Å². The van der Waals surface area contributed by atoms with Crippen molar-refractivity contribution in [2.24, 2.45) is 12.0 Å². The average Bonchev–Trinajstić information content (AvgIpc) is 2.99. The van der Waals surface area contributed by atoms with Crippen LogP contribution in [0.25, 0.3) is 0 Å². The number of guanidine groups is 1. The summed E-state index contributed by atoms with van der Waals surface area (Å²) in [4.78, 5) is 4.61. The molecule has 0 spiro atoms. The fourth-order valence-corrected chi connectivity index (χ4v) is 2.67. The number of rotatable bonds is 8. The first-order chi connectivity index (χ1) is 12.1. The molecule has 7 heteroatoms. The van der Waals surface area contributed by atoms with Gasteiger partial charge in [0.2, 0.25) is 0 Å². The molecule has 0 saturated heterocycles. The van der Waals surface area contributed by atoms with Gasteiger partial charge in [-0.2, -0.15) is 5.10 Å². The largest absolute Gasteiger partial charge is 0.357 e. The van der Waals surface area contributed by atoms with Crippen LogP contribution in [0.3, 0.4) is 0 Å². The third-order valence-electron chi connectivity index (χ3n) is 3.99. The van der Waals surface area contributed by atoms with Gasteiger partial charge in [0, 0.05) is 32.9 Å². The van der Waals surface area contributed by atoms with E-state index in [4.69, 9.17) is 0 Å². The predicted octanol–water partition coefficient (Wildman–Crippen LogP) is 3.22. The molecule has 1 aromatic carbocycles. The van der Waals surface area contributed by atoms with Crippen LogP contribution in [0.4, 0.5) is 4.39 Å². The summed E-state index contributed by atoms with van der Waals surface area (Å²) < 4.78 is 15.0. The molecule has 0 unspecified atom stereocenters. The Kier molecular flexibility index (Phi) is 10.2. The van der Waals surface area contributed by atoms with Crippen molar-refractivity contribution in [3.05, 3.63) is 53.1 Å². The van der Waals surface area contributed by atoms with Crippen LogP contribution in [0.15, 0.2) is 35.6 Å². The number of halogens is 2. The van der Waals surface area contributed by atoms with Crippen molar-refractivity contribution in [2.45, 2.75) is 33.1 Å². The third-order valence-corrected chi connectivity index (χ3v) is 3.99. The number of aliphatic imine (C=N–C) groups is 1. The maximum absolute atomic E-state index is 13.1. The van der Waals surface area contributed by atoms with Gasteiger partial charge in [0.1, 0.15) is 5.82 Å². The zero-order valence-corrected chi connectivity index (χ0v) is 18.1. The molecule has 1 aromatic heterocycles. The quantitative estimate of drug-likeness (QED) is 0.268. The highest BCUT2D eigenvalue weighted by molar-refractivity contribution is 14.0. The number of nitrogens with zero attached hydrogens (tertiary/aromatic N) is 3. The number of aryl methyl sites for hydroxylation is 3. The average molecular weight is 473 g/mol. The lowest BCUT2D eigenvalue weighted by atomic mass is 10.1. The van der Waals surface area contributed by atoms with Crippen LogP contribution in [0.2, 0.25) is 0 Å². The van der Waals surface area contributed by atoms with Gasteiger partial charge in [-0.15, -0.1) is 24.0 Å². The standard InChI is InChI=1S/C19H28FN5.HI/c1-4-21-19(22-10-5-6-16-13-24-25(3)14-16)23-11-9-17-7-8-18(20)12-15(17)2;/h7-8,12-14H,4-6,9-11H2,1-3H3,(H2,21,22,23);1H. The van der Waals surface area contributed by atoms with E-state index in [0.717, 1.165) is 56.0 Å². The van der Waals surface area contributed by atoms with Crippen molar-refractivity contribution in [3.63, 3.8) is 0 Å². The summed E-state index contributed by atoms with van der Waals surface area (Å²) in [7, 11) is 1.93. The molecule has 2 rings (SSSR count). The molecule has 0 bridgehead atoms. The molecule has 0 atom stereocenters. The first kappa shape index (κ1) is 22.4. The summed E-state index contributed by atoms with van der Waals surface area (Å²) in [6.07, 6.45) is 6.74. The lowest BCUT2D eigenvalue weighted by Crippen LogP contribution is -2.38. The van der Waals surface area contributed by atoms with Gasteiger partial charge in [-0.1, -0.05) is 6.07 Å². The van der Waals surface area contributed by atoms with E-state index in [1.807, 2.05) is 37.1 Å². The molecule has 0 aliphatic heterocycles. The molecule has 0 fully saturated rings. The first-order valence-corrected chi connectivity index (χ1v) is 8.83. The third kappa shape index (κ3) is 7.72.